The van der Waals surface area contributed by atoms with Gasteiger partial charge in [0, 0.05) is 52.4 Å². The van der Waals surface area contributed by atoms with Gasteiger partial charge in [0.2, 0.25) is 0 Å². The predicted octanol–water partition coefficient (Wildman–Crippen LogP) is -1.20. The minimum atomic E-state index is 0. The van der Waals surface area contributed by atoms with Gasteiger partial charge in [-0.15, -0.1) is 12.4 Å². The smallest absolute Gasteiger partial charge is 0.0591 e. The zero-order valence-electron chi connectivity index (χ0n) is 9.89. The van der Waals surface area contributed by atoms with Crippen LogP contribution in [0.5, 0.6) is 0 Å². The standard InChI is InChI=1S/C10H24N4O.ClH/c1-2-12-4-6-14-8-10-15-9-7-13-5-3-11-1;/h11-14H,1-10H2;1H. The van der Waals surface area contributed by atoms with E-state index in [4.69, 9.17) is 4.74 Å². The molecule has 4 N–H and O–H groups in total. The van der Waals surface area contributed by atoms with Crippen molar-refractivity contribution in [2.24, 2.45) is 0 Å². The van der Waals surface area contributed by atoms with Crippen LogP contribution in [0.3, 0.4) is 0 Å². The highest BCUT2D eigenvalue weighted by Crippen LogP contribution is 1.73. The summed E-state index contributed by atoms with van der Waals surface area (Å²) in [5.74, 6) is 0. The van der Waals surface area contributed by atoms with Gasteiger partial charge in [0.1, 0.15) is 0 Å². The first kappa shape index (κ1) is 16.1. The molecule has 0 radical (unpaired) electrons. The van der Waals surface area contributed by atoms with E-state index < -0.39 is 0 Å². The van der Waals surface area contributed by atoms with Crippen molar-refractivity contribution in [3.05, 3.63) is 0 Å². The van der Waals surface area contributed by atoms with E-state index in [1.165, 1.54) is 0 Å². The third-order valence-electron chi connectivity index (χ3n) is 2.28. The SMILES string of the molecule is C1CNCCNCCOCCNCCN1.Cl. The fourth-order valence-corrected chi connectivity index (χ4v) is 1.42. The highest BCUT2D eigenvalue weighted by molar-refractivity contribution is 5.85. The monoisotopic (exact) mass is 252 g/mol. The number of rotatable bonds is 0. The molecular weight excluding hydrogens is 228 g/mol. The molecule has 0 aliphatic carbocycles. The molecule has 1 aliphatic rings. The Balaban J connectivity index is 0.00000225. The lowest BCUT2D eigenvalue weighted by Crippen LogP contribution is -2.35. The number of hydrogen-bond donors (Lipinski definition) is 4. The molecule has 0 aromatic heterocycles. The highest BCUT2D eigenvalue weighted by atomic mass is 35.5. The Morgan fingerprint density at radius 1 is 0.500 bits per heavy atom. The zero-order valence-corrected chi connectivity index (χ0v) is 10.7. The fraction of sp³-hybridized carbons (Fsp3) is 1.00. The van der Waals surface area contributed by atoms with Crippen molar-refractivity contribution in [3.63, 3.8) is 0 Å². The molecule has 5 nitrogen and oxygen atoms in total. The quantitative estimate of drug-likeness (QED) is 0.436. The Labute approximate surface area is 104 Å². The van der Waals surface area contributed by atoms with Crippen molar-refractivity contribution in [1.82, 2.24) is 21.3 Å². The molecule has 1 heterocycles. The molecule has 0 aromatic rings. The molecule has 1 fully saturated rings. The second-order valence-corrected chi connectivity index (χ2v) is 3.61. The Bertz CT molecular complexity index is 81.4. The summed E-state index contributed by atoms with van der Waals surface area (Å²) in [6, 6.07) is 0. The number of hydrogen-bond acceptors (Lipinski definition) is 5. The fourth-order valence-electron chi connectivity index (χ4n) is 1.42. The van der Waals surface area contributed by atoms with Crippen LogP contribution in [-0.2, 0) is 4.74 Å². The van der Waals surface area contributed by atoms with Crippen LogP contribution < -0.4 is 21.3 Å². The van der Waals surface area contributed by atoms with E-state index in [1.807, 2.05) is 0 Å². The molecule has 0 spiro atoms. The van der Waals surface area contributed by atoms with Crippen molar-refractivity contribution < 1.29 is 4.74 Å². The van der Waals surface area contributed by atoms with Gasteiger partial charge >= 0.3 is 0 Å². The first-order valence-electron chi connectivity index (χ1n) is 5.91. The third-order valence-corrected chi connectivity index (χ3v) is 2.28. The van der Waals surface area contributed by atoms with Crippen molar-refractivity contribution in [2.45, 2.75) is 0 Å². The molecule has 0 amide bonds. The van der Waals surface area contributed by atoms with Crippen LogP contribution in [0.4, 0.5) is 0 Å². The predicted molar refractivity (Wildman–Crippen MR) is 69.5 cm³/mol. The molecular formula is C10H25ClN4O. The third kappa shape index (κ3) is 10.6. The number of halogens is 1. The summed E-state index contributed by atoms with van der Waals surface area (Å²) in [4.78, 5) is 0. The Morgan fingerprint density at radius 3 is 1.19 bits per heavy atom. The Hall–Kier alpha value is 0.0900. The molecule has 6 heteroatoms. The van der Waals surface area contributed by atoms with E-state index in [0.717, 1.165) is 65.6 Å². The van der Waals surface area contributed by atoms with Crippen LogP contribution in [0, 0.1) is 0 Å². The zero-order chi connectivity index (χ0) is 10.6. The lowest BCUT2D eigenvalue weighted by atomic mass is 10.5. The van der Waals surface area contributed by atoms with E-state index in [1.54, 1.807) is 0 Å². The molecule has 0 bridgehead atoms. The summed E-state index contributed by atoms with van der Waals surface area (Å²) in [5, 5.41) is 13.4. The van der Waals surface area contributed by atoms with Crippen molar-refractivity contribution in [3.8, 4) is 0 Å². The van der Waals surface area contributed by atoms with Gasteiger partial charge in [0.05, 0.1) is 13.2 Å². The summed E-state index contributed by atoms with van der Waals surface area (Å²) in [7, 11) is 0. The maximum Gasteiger partial charge on any atom is 0.0591 e. The summed E-state index contributed by atoms with van der Waals surface area (Å²) in [6.45, 7) is 9.67. The van der Waals surface area contributed by atoms with Crippen LogP contribution in [0.1, 0.15) is 0 Å². The van der Waals surface area contributed by atoms with Crippen LogP contribution in [0.25, 0.3) is 0 Å². The van der Waals surface area contributed by atoms with Crippen molar-refractivity contribution in [1.29, 1.82) is 0 Å². The molecule has 1 rings (SSSR count). The molecule has 16 heavy (non-hydrogen) atoms. The topological polar surface area (TPSA) is 57.4 Å². The number of nitrogens with one attached hydrogen (secondary N) is 4. The summed E-state index contributed by atoms with van der Waals surface area (Å²) >= 11 is 0. The second-order valence-electron chi connectivity index (χ2n) is 3.61. The molecule has 0 unspecified atom stereocenters. The van der Waals surface area contributed by atoms with Crippen LogP contribution in [0.2, 0.25) is 0 Å². The van der Waals surface area contributed by atoms with Crippen LogP contribution in [-0.4, -0.2) is 65.6 Å². The van der Waals surface area contributed by atoms with E-state index >= 15 is 0 Å². The van der Waals surface area contributed by atoms with Gasteiger partial charge in [-0.05, 0) is 0 Å². The van der Waals surface area contributed by atoms with Crippen molar-refractivity contribution >= 4 is 12.4 Å². The van der Waals surface area contributed by atoms with Gasteiger partial charge < -0.3 is 26.0 Å². The Kier molecular flexibility index (Phi) is 13.2. The molecule has 1 saturated heterocycles. The van der Waals surface area contributed by atoms with E-state index in [-0.39, 0.29) is 12.4 Å². The second kappa shape index (κ2) is 13.2. The average molecular weight is 253 g/mol. The maximum absolute atomic E-state index is 5.44. The minimum Gasteiger partial charge on any atom is -0.379 e. The average Bonchev–Trinajstić information content (AvgIpc) is 2.27. The molecule has 0 saturated carbocycles. The normalized spacial score (nSPS) is 22.5. The molecule has 0 atom stereocenters. The van der Waals surface area contributed by atoms with Gasteiger partial charge in [-0.3, -0.25) is 0 Å². The summed E-state index contributed by atoms with van der Waals surface area (Å²) < 4.78 is 5.44. The van der Waals surface area contributed by atoms with Crippen LogP contribution in [0.15, 0.2) is 0 Å². The number of ether oxygens (including phenoxy) is 1. The van der Waals surface area contributed by atoms with E-state index in [0.29, 0.717) is 0 Å². The lowest BCUT2D eigenvalue weighted by Gasteiger charge is -2.06. The maximum atomic E-state index is 5.44. The molecule has 1 aliphatic heterocycles. The van der Waals surface area contributed by atoms with Gasteiger partial charge in [-0.2, -0.15) is 0 Å². The molecule has 0 aromatic carbocycles. The molecule has 98 valence electrons. The van der Waals surface area contributed by atoms with Gasteiger partial charge in [0.15, 0.2) is 0 Å². The van der Waals surface area contributed by atoms with Crippen molar-refractivity contribution in [2.75, 3.05) is 65.6 Å². The first-order chi connectivity index (χ1) is 7.50. The minimum absolute atomic E-state index is 0. The van der Waals surface area contributed by atoms with Gasteiger partial charge in [-0.25, -0.2) is 0 Å². The van der Waals surface area contributed by atoms with Gasteiger partial charge in [-0.1, -0.05) is 0 Å². The van der Waals surface area contributed by atoms with E-state index in [2.05, 4.69) is 21.3 Å². The van der Waals surface area contributed by atoms with E-state index in [9.17, 15) is 0 Å². The van der Waals surface area contributed by atoms with Crippen LogP contribution >= 0.6 is 12.4 Å². The first-order valence-corrected chi connectivity index (χ1v) is 5.91. The highest BCUT2D eigenvalue weighted by Gasteiger charge is 1.93. The largest absolute Gasteiger partial charge is 0.379 e. The lowest BCUT2D eigenvalue weighted by molar-refractivity contribution is 0.138. The Morgan fingerprint density at radius 2 is 0.812 bits per heavy atom. The summed E-state index contributed by atoms with van der Waals surface area (Å²) in [5.41, 5.74) is 0. The van der Waals surface area contributed by atoms with Gasteiger partial charge in [0.25, 0.3) is 0 Å². The summed E-state index contributed by atoms with van der Waals surface area (Å²) in [6.07, 6.45) is 0.